The van der Waals surface area contributed by atoms with Gasteiger partial charge in [-0.25, -0.2) is 0 Å². The highest BCUT2D eigenvalue weighted by atomic mass is 79.9. The van der Waals surface area contributed by atoms with E-state index in [9.17, 15) is 5.11 Å². The number of phenols is 1. The molecule has 0 heterocycles. The molecule has 0 aliphatic heterocycles. The van der Waals surface area contributed by atoms with Crippen molar-refractivity contribution in [2.45, 2.75) is 25.7 Å². The van der Waals surface area contributed by atoms with E-state index in [1.54, 1.807) is 0 Å². The van der Waals surface area contributed by atoms with Crippen LogP contribution >= 0.6 is 15.9 Å². The fraction of sp³-hybridized carbons (Fsp3) is 0.250. The highest BCUT2D eigenvalue weighted by Crippen LogP contribution is 2.44. The van der Waals surface area contributed by atoms with Crippen molar-refractivity contribution in [3.8, 4) is 16.9 Å². The molecule has 0 radical (unpaired) electrons. The van der Waals surface area contributed by atoms with Crippen molar-refractivity contribution < 1.29 is 5.11 Å². The summed E-state index contributed by atoms with van der Waals surface area (Å²) in [5.74, 6) is 0.424. The van der Waals surface area contributed by atoms with Crippen LogP contribution in [0, 0.1) is 0 Å². The molecule has 1 N–H and O–H groups in total. The maximum absolute atomic E-state index is 9.81. The van der Waals surface area contributed by atoms with E-state index in [2.05, 4.69) is 28.1 Å². The summed E-state index contributed by atoms with van der Waals surface area (Å²) in [6.45, 7) is 0. The third-order valence-electron chi connectivity index (χ3n) is 4.13. The van der Waals surface area contributed by atoms with E-state index in [4.69, 9.17) is 0 Å². The quantitative estimate of drug-likeness (QED) is 0.779. The molecule has 0 saturated carbocycles. The van der Waals surface area contributed by atoms with Crippen LogP contribution in [0.4, 0.5) is 0 Å². The van der Waals surface area contributed by atoms with Crippen LogP contribution in [0.25, 0.3) is 11.1 Å². The standard InChI is InChI=1S/C16H13BrO/c17-13-5-9-1-3-11-7-14(18)8-12-4-2-10(6-13)15(9)16(11)12/h5-8,18H,1-4H2. The molecule has 0 spiro atoms. The van der Waals surface area contributed by atoms with Gasteiger partial charge in [0.15, 0.2) is 0 Å². The first-order valence-corrected chi connectivity index (χ1v) is 7.18. The maximum atomic E-state index is 9.81. The third kappa shape index (κ3) is 1.39. The number of hydrogen-bond acceptors (Lipinski definition) is 1. The van der Waals surface area contributed by atoms with Crippen LogP contribution in [-0.2, 0) is 25.7 Å². The summed E-state index contributed by atoms with van der Waals surface area (Å²) in [5.41, 5.74) is 8.40. The monoisotopic (exact) mass is 300 g/mol. The second kappa shape index (κ2) is 3.61. The first-order chi connectivity index (χ1) is 8.72. The van der Waals surface area contributed by atoms with Gasteiger partial charge in [0.1, 0.15) is 5.75 Å². The van der Waals surface area contributed by atoms with Crippen LogP contribution in [0.15, 0.2) is 28.7 Å². The van der Waals surface area contributed by atoms with E-state index in [-0.39, 0.29) is 0 Å². The van der Waals surface area contributed by atoms with Gasteiger partial charge in [0.25, 0.3) is 0 Å². The van der Waals surface area contributed by atoms with Crippen molar-refractivity contribution in [1.82, 2.24) is 0 Å². The lowest BCUT2D eigenvalue weighted by molar-refractivity contribution is 0.473. The molecule has 0 atom stereocenters. The first-order valence-electron chi connectivity index (χ1n) is 6.39. The minimum absolute atomic E-state index is 0.424. The summed E-state index contributed by atoms with van der Waals surface area (Å²) in [6.07, 6.45) is 4.24. The number of rotatable bonds is 0. The molecule has 2 aliphatic carbocycles. The third-order valence-corrected chi connectivity index (χ3v) is 4.59. The van der Waals surface area contributed by atoms with E-state index >= 15 is 0 Å². The number of hydrogen-bond donors (Lipinski definition) is 1. The predicted molar refractivity (Wildman–Crippen MR) is 76.1 cm³/mol. The predicted octanol–water partition coefficient (Wildman–Crippen LogP) is 4.02. The molecular formula is C16H13BrO. The van der Waals surface area contributed by atoms with E-state index in [0.29, 0.717) is 5.75 Å². The van der Waals surface area contributed by atoms with Gasteiger partial charge in [0, 0.05) is 4.47 Å². The molecule has 0 aromatic heterocycles. The largest absolute Gasteiger partial charge is 0.508 e. The molecule has 4 rings (SSSR count). The zero-order valence-electron chi connectivity index (χ0n) is 9.96. The lowest BCUT2D eigenvalue weighted by atomic mass is 9.75. The summed E-state index contributed by atoms with van der Waals surface area (Å²) >= 11 is 3.61. The summed E-state index contributed by atoms with van der Waals surface area (Å²) in [7, 11) is 0. The average Bonchev–Trinajstić information content (AvgIpc) is 2.34. The fourth-order valence-electron chi connectivity index (χ4n) is 3.44. The molecular weight excluding hydrogens is 288 g/mol. The van der Waals surface area contributed by atoms with Gasteiger partial charge in [-0.05, 0) is 83.3 Å². The molecule has 2 aromatic rings. The van der Waals surface area contributed by atoms with Crippen LogP contribution in [0.3, 0.4) is 0 Å². The van der Waals surface area contributed by atoms with Crippen molar-refractivity contribution in [3.63, 3.8) is 0 Å². The van der Waals surface area contributed by atoms with Gasteiger partial charge >= 0.3 is 0 Å². The Bertz CT molecular complexity index is 563. The average molecular weight is 301 g/mol. The van der Waals surface area contributed by atoms with E-state index in [1.165, 1.54) is 37.9 Å². The maximum Gasteiger partial charge on any atom is 0.116 e. The topological polar surface area (TPSA) is 20.2 Å². The fourth-order valence-corrected chi connectivity index (χ4v) is 4.00. The first kappa shape index (κ1) is 10.6. The molecule has 0 bridgehead atoms. The Morgan fingerprint density at radius 3 is 1.56 bits per heavy atom. The molecule has 0 amide bonds. The number of phenolic OH excluding ortho intramolecular Hbond substituents is 1. The summed E-state index contributed by atoms with van der Waals surface area (Å²) in [5, 5.41) is 9.81. The van der Waals surface area contributed by atoms with E-state index in [0.717, 1.165) is 25.7 Å². The number of benzene rings is 2. The van der Waals surface area contributed by atoms with Gasteiger partial charge in [0.05, 0.1) is 0 Å². The molecule has 0 fully saturated rings. The lowest BCUT2D eigenvalue weighted by Crippen LogP contribution is -2.14. The van der Waals surface area contributed by atoms with Gasteiger partial charge < -0.3 is 5.11 Å². The van der Waals surface area contributed by atoms with Crippen molar-refractivity contribution in [2.24, 2.45) is 0 Å². The van der Waals surface area contributed by atoms with Gasteiger partial charge in [-0.3, -0.25) is 0 Å². The summed E-state index contributed by atoms with van der Waals surface area (Å²) in [6, 6.07) is 8.39. The SMILES string of the molecule is Oc1cc2c3c(c1)CCc1cc(Br)cc(c1-3)CC2. The molecule has 0 saturated heterocycles. The van der Waals surface area contributed by atoms with Gasteiger partial charge in [-0.2, -0.15) is 0 Å². The molecule has 90 valence electrons. The number of halogens is 1. The van der Waals surface area contributed by atoms with Crippen molar-refractivity contribution in [3.05, 3.63) is 51.0 Å². The smallest absolute Gasteiger partial charge is 0.116 e. The van der Waals surface area contributed by atoms with Crippen LogP contribution in [0.5, 0.6) is 5.75 Å². The highest BCUT2D eigenvalue weighted by Gasteiger charge is 2.26. The zero-order chi connectivity index (χ0) is 12.3. The molecule has 2 aliphatic rings. The Labute approximate surface area is 115 Å². The number of aryl methyl sites for hydroxylation is 4. The van der Waals surface area contributed by atoms with Gasteiger partial charge in [0.2, 0.25) is 0 Å². The number of aromatic hydroxyl groups is 1. The van der Waals surface area contributed by atoms with Crippen molar-refractivity contribution in [2.75, 3.05) is 0 Å². The Hall–Kier alpha value is -1.28. The summed E-state index contributed by atoms with van der Waals surface area (Å²) < 4.78 is 1.20. The van der Waals surface area contributed by atoms with Crippen molar-refractivity contribution in [1.29, 1.82) is 0 Å². The van der Waals surface area contributed by atoms with Crippen LogP contribution in [0.2, 0.25) is 0 Å². The minimum atomic E-state index is 0.424. The van der Waals surface area contributed by atoms with Gasteiger partial charge in [-0.15, -0.1) is 0 Å². The summed E-state index contributed by atoms with van der Waals surface area (Å²) in [4.78, 5) is 0. The zero-order valence-corrected chi connectivity index (χ0v) is 11.5. The molecule has 1 nitrogen and oxygen atoms in total. The van der Waals surface area contributed by atoms with Gasteiger partial charge in [-0.1, -0.05) is 15.9 Å². The van der Waals surface area contributed by atoms with Crippen LogP contribution in [-0.4, -0.2) is 5.11 Å². The normalized spacial score (nSPS) is 15.4. The van der Waals surface area contributed by atoms with Crippen LogP contribution < -0.4 is 0 Å². The van der Waals surface area contributed by atoms with Crippen LogP contribution in [0.1, 0.15) is 22.3 Å². The second-order valence-corrected chi connectivity index (χ2v) is 6.15. The Morgan fingerprint density at radius 2 is 1.11 bits per heavy atom. The molecule has 18 heavy (non-hydrogen) atoms. The lowest BCUT2D eigenvalue weighted by Gasteiger charge is -2.29. The molecule has 2 heteroatoms. The Morgan fingerprint density at radius 1 is 0.722 bits per heavy atom. The second-order valence-electron chi connectivity index (χ2n) is 5.24. The van der Waals surface area contributed by atoms with E-state index in [1.807, 2.05) is 12.1 Å². The molecule has 0 unspecified atom stereocenters. The Balaban J connectivity index is 2.10. The highest BCUT2D eigenvalue weighted by molar-refractivity contribution is 9.10. The Kier molecular flexibility index (Phi) is 2.13. The minimum Gasteiger partial charge on any atom is -0.508 e. The van der Waals surface area contributed by atoms with E-state index < -0.39 is 0 Å². The van der Waals surface area contributed by atoms with Crippen molar-refractivity contribution >= 4 is 15.9 Å². The molecule has 2 aromatic carbocycles.